The van der Waals surface area contributed by atoms with E-state index in [0.717, 1.165) is 19.3 Å². The van der Waals surface area contributed by atoms with Crippen LogP contribution < -0.4 is 16.9 Å². The number of hydrogen-bond donors (Lipinski definition) is 3. The molecule has 0 aromatic carbocycles. The van der Waals surface area contributed by atoms with E-state index < -0.39 is 22.5 Å². The maximum atomic E-state index is 12.9. The van der Waals surface area contributed by atoms with Crippen LogP contribution in [0.3, 0.4) is 0 Å². The maximum absolute atomic E-state index is 12.9. The molecule has 0 fully saturated rings. The lowest BCUT2D eigenvalue weighted by Gasteiger charge is -2.34. The highest BCUT2D eigenvalue weighted by molar-refractivity contribution is 5.67. The molecule has 0 aliphatic heterocycles. The van der Waals surface area contributed by atoms with Gasteiger partial charge in [-0.2, -0.15) is 0 Å². The fourth-order valence-electron chi connectivity index (χ4n) is 3.65. The van der Waals surface area contributed by atoms with Crippen molar-refractivity contribution in [2.24, 2.45) is 0 Å². The summed E-state index contributed by atoms with van der Waals surface area (Å²) in [7, 11) is 0. The van der Waals surface area contributed by atoms with Gasteiger partial charge in [0.25, 0.3) is 5.56 Å². The molecular weight excluding hydrogens is 308 g/mol. The highest BCUT2D eigenvalue weighted by atomic mass is 16.2. The van der Waals surface area contributed by atoms with Gasteiger partial charge < -0.3 is 0 Å². The van der Waals surface area contributed by atoms with Crippen LogP contribution in [-0.2, 0) is 5.54 Å². The highest BCUT2D eigenvalue weighted by Gasteiger charge is 2.34. The summed E-state index contributed by atoms with van der Waals surface area (Å²) in [6, 6.07) is 0. The summed E-state index contributed by atoms with van der Waals surface area (Å²) in [5.41, 5.74) is -0.701. The number of imidazole rings is 1. The van der Waals surface area contributed by atoms with Crippen molar-refractivity contribution in [1.82, 2.24) is 19.5 Å². The van der Waals surface area contributed by atoms with E-state index in [4.69, 9.17) is 0 Å². The Morgan fingerprint density at radius 3 is 2.62 bits per heavy atom. The number of nitrogens with zero attached hydrogens (tertiary/aromatic N) is 1. The van der Waals surface area contributed by atoms with Gasteiger partial charge in [-0.1, -0.05) is 50.5 Å². The van der Waals surface area contributed by atoms with E-state index in [1.807, 2.05) is 19.1 Å². The van der Waals surface area contributed by atoms with E-state index in [-0.39, 0.29) is 11.2 Å². The van der Waals surface area contributed by atoms with Gasteiger partial charge in [0, 0.05) is 0 Å². The Labute approximate surface area is 138 Å². The quantitative estimate of drug-likeness (QED) is 0.780. The molecule has 0 saturated heterocycles. The first-order valence-electron chi connectivity index (χ1n) is 8.36. The minimum absolute atomic E-state index is 0.107. The first-order valence-corrected chi connectivity index (χ1v) is 8.36. The molecule has 0 spiro atoms. The number of hydrogen-bond acceptors (Lipinski definition) is 3. The van der Waals surface area contributed by atoms with Crippen LogP contribution in [0, 0.1) is 0 Å². The van der Waals surface area contributed by atoms with E-state index in [1.54, 1.807) is 0 Å². The first kappa shape index (κ1) is 16.3. The summed E-state index contributed by atoms with van der Waals surface area (Å²) in [6.07, 6.45) is 10.0. The van der Waals surface area contributed by atoms with Gasteiger partial charge >= 0.3 is 11.4 Å². The lowest BCUT2D eigenvalue weighted by molar-refractivity contribution is 0.308. The Kier molecular flexibility index (Phi) is 4.17. The van der Waals surface area contributed by atoms with Crippen LogP contribution in [0.4, 0.5) is 0 Å². The number of H-pyrrole nitrogens is 3. The van der Waals surface area contributed by atoms with Gasteiger partial charge in [-0.3, -0.25) is 19.7 Å². The summed E-state index contributed by atoms with van der Waals surface area (Å²) in [4.78, 5) is 44.5. The maximum Gasteiger partial charge on any atom is 0.330 e. The molecular formula is C17H22N4O3. The molecule has 3 rings (SSSR count). The minimum Gasteiger partial charge on any atom is -0.300 e. The number of aromatic nitrogens is 4. The summed E-state index contributed by atoms with van der Waals surface area (Å²) < 4.78 is 1.27. The second-order valence-electron chi connectivity index (χ2n) is 6.36. The standard InChI is InChI=1S/C17H22N4O3/c1-3-6-11-7-5-9-17(10-11,8-4-2)21-14(22)12-13(20-16(21)24)19-15(23)18-12/h5,7,9H,3-4,6,8,10H2,1-2H3,(H,20,24)(H2,18,19,23). The number of nitrogens with one attached hydrogen (secondary N) is 3. The van der Waals surface area contributed by atoms with E-state index >= 15 is 0 Å². The zero-order chi connectivity index (χ0) is 17.3. The lowest BCUT2D eigenvalue weighted by atomic mass is 9.81. The molecule has 0 amide bonds. The van der Waals surface area contributed by atoms with Crippen molar-refractivity contribution in [1.29, 1.82) is 0 Å². The predicted molar refractivity (Wildman–Crippen MR) is 93.4 cm³/mol. The van der Waals surface area contributed by atoms with Crippen LogP contribution in [0.1, 0.15) is 46.0 Å². The van der Waals surface area contributed by atoms with Crippen LogP contribution >= 0.6 is 0 Å². The van der Waals surface area contributed by atoms with Crippen molar-refractivity contribution in [3.8, 4) is 0 Å². The van der Waals surface area contributed by atoms with Crippen molar-refractivity contribution in [3.63, 3.8) is 0 Å². The Bertz CT molecular complexity index is 986. The van der Waals surface area contributed by atoms with Gasteiger partial charge in [0.2, 0.25) is 0 Å². The first-order chi connectivity index (χ1) is 11.5. The Morgan fingerprint density at radius 2 is 1.92 bits per heavy atom. The van der Waals surface area contributed by atoms with Crippen molar-refractivity contribution in [2.45, 2.75) is 51.5 Å². The van der Waals surface area contributed by atoms with Gasteiger partial charge in [-0.15, -0.1) is 0 Å². The monoisotopic (exact) mass is 330 g/mol. The molecule has 1 aliphatic carbocycles. The molecule has 0 saturated carbocycles. The molecule has 128 valence electrons. The van der Waals surface area contributed by atoms with Crippen LogP contribution in [0.15, 0.2) is 38.2 Å². The molecule has 1 aliphatic rings. The molecule has 1 atom stereocenters. The molecule has 3 N–H and O–H groups in total. The Hall–Kier alpha value is -2.57. The topological polar surface area (TPSA) is 104 Å². The second-order valence-corrected chi connectivity index (χ2v) is 6.36. The number of aromatic amines is 3. The molecule has 0 radical (unpaired) electrons. The fraction of sp³-hybridized carbons (Fsp3) is 0.471. The fourth-order valence-corrected chi connectivity index (χ4v) is 3.65. The second kappa shape index (κ2) is 6.14. The van der Waals surface area contributed by atoms with Gasteiger partial charge in [0.15, 0.2) is 5.52 Å². The van der Waals surface area contributed by atoms with Crippen molar-refractivity contribution in [2.75, 3.05) is 0 Å². The third-order valence-corrected chi connectivity index (χ3v) is 4.55. The molecule has 7 nitrogen and oxygen atoms in total. The predicted octanol–water partition coefficient (Wildman–Crippen LogP) is 1.89. The summed E-state index contributed by atoms with van der Waals surface area (Å²) in [5.74, 6) is 0. The van der Waals surface area contributed by atoms with Gasteiger partial charge in [-0.05, 0) is 19.3 Å². The SMILES string of the molecule is CCCC1=CC=CC(CCC)(n2c(=O)[nH]c3[nH]c(=O)[nH]c3c2=O)C1. The zero-order valence-corrected chi connectivity index (χ0v) is 13.9. The average molecular weight is 330 g/mol. The number of fused-ring (bicyclic) bond motifs is 1. The summed E-state index contributed by atoms with van der Waals surface area (Å²) in [6.45, 7) is 4.14. The van der Waals surface area contributed by atoms with Crippen LogP contribution in [0.25, 0.3) is 11.2 Å². The molecule has 2 heterocycles. The van der Waals surface area contributed by atoms with Crippen LogP contribution in [0.5, 0.6) is 0 Å². The molecule has 24 heavy (non-hydrogen) atoms. The minimum atomic E-state index is -0.693. The van der Waals surface area contributed by atoms with Gasteiger partial charge in [-0.25, -0.2) is 14.2 Å². The van der Waals surface area contributed by atoms with E-state index in [0.29, 0.717) is 12.8 Å². The summed E-state index contributed by atoms with van der Waals surface area (Å²) >= 11 is 0. The molecule has 7 heteroatoms. The normalized spacial score (nSPS) is 20.5. The molecule has 2 aromatic heterocycles. The van der Waals surface area contributed by atoms with E-state index in [2.05, 4.69) is 28.0 Å². The number of rotatable bonds is 5. The smallest absolute Gasteiger partial charge is 0.300 e. The van der Waals surface area contributed by atoms with Crippen LogP contribution in [-0.4, -0.2) is 19.5 Å². The largest absolute Gasteiger partial charge is 0.330 e. The molecule has 1 unspecified atom stereocenters. The van der Waals surface area contributed by atoms with Gasteiger partial charge in [0.05, 0.1) is 5.54 Å². The molecule has 2 aromatic rings. The van der Waals surface area contributed by atoms with Crippen molar-refractivity contribution >= 4 is 11.2 Å². The van der Waals surface area contributed by atoms with E-state index in [9.17, 15) is 14.4 Å². The Balaban J connectivity index is 2.24. The van der Waals surface area contributed by atoms with Crippen molar-refractivity contribution < 1.29 is 0 Å². The molecule has 0 bridgehead atoms. The van der Waals surface area contributed by atoms with Crippen LogP contribution in [0.2, 0.25) is 0 Å². The van der Waals surface area contributed by atoms with Gasteiger partial charge in [0.1, 0.15) is 5.65 Å². The summed E-state index contributed by atoms with van der Waals surface area (Å²) in [5, 5.41) is 0. The third kappa shape index (κ3) is 2.60. The number of allylic oxidation sites excluding steroid dienone is 4. The lowest BCUT2D eigenvalue weighted by Crippen LogP contribution is -2.49. The average Bonchev–Trinajstić information content (AvgIpc) is 2.89. The van der Waals surface area contributed by atoms with Crippen molar-refractivity contribution in [3.05, 3.63) is 55.1 Å². The third-order valence-electron chi connectivity index (χ3n) is 4.55. The van der Waals surface area contributed by atoms with E-state index in [1.165, 1.54) is 10.1 Å². The zero-order valence-electron chi connectivity index (χ0n) is 13.9. The highest BCUT2D eigenvalue weighted by Crippen LogP contribution is 2.34. The Morgan fingerprint density at radius 1 is 1.12 bits per heavy atom.